The first-order valence-electron chi connectivity index (χ1n) is 5.12. The number of hydrogen-bond acceptors (Lipinski definition) is 3. The summed E-state index contributed by atoms with van der Waals surface area (Å²) in [5, 5.41) is 21.5. The number of aryl methyl sites for hydroxylation is 1. The quantitative estimate of drug-likeness (QED) is 0.876. The van der Waals surface area contributed by atoms with Gasteiger partial charge in [-0.1, -0.05) is 35.9 Å². The molecular weight excluding hydrogens is 236 g/mol. The number of benzene rings is 1. The fourth-order valence-electron chi connectivity index (χ4n) is 1.73. The van der Waals surface area contributed by atoms with Crippen LogP contribution < -0.4 is 0 Å². The topological polar surface area (TPSA) is 57.5 Å². The number of aliphatic carboxylic acids is 1. The molecule has 0 spiro atoms. The lowest BCUT2D eigenvalue weighted by atomic mass is 9.91. The summed E-state index contributed by atoms with van der Waals surface area (Å²) < 4.78 is 0. The van der Waals surface area contributed by atoms with Crippen molar-refractivity contribution in [2.45, 2.75) is 12.5 Å². The Morgan fingerprint density at radius 2 is 2.06 bits per heavy atom. The van der Waals surface area contributed by atoms with Crippen LogP contribution in [-0.4, -0.2) is 16.2 Å². The van der Waals surface area contributed by atoms with Crippen LogP contribution in [0.15, 0.2) is 41.8 Å². The summed E-state index contributed by atoms with van der Waals surface area (Å²) in [5.74, 6) is -1.26. The molecule has 1 aromatic heterocycles. The summed E-state index contributed by atoms with van der Waals surface area (Å²) in [6, 6.07) is 10.3. The normalized spacial score (nSPS) is 14.2. The molecule has 4 heteroatoms. The predicted octanol–water partition coefficient (Wildman–Crippen LogP) is 2.38. The molecule has 1 unspecified atom stereocenters. The summed E-state index contributed by atoms with van der Waals surface area (Å²) in [4.78, 5) is 11.8. The van der Waals surface area contributed by atoms with Crippen molar-refractivity contribution in [3.05, 3.63) is 57.8 Å². The van der Waals surface area contributed by atoms with Gasteiger partial charge in [-0.25, -0.2) is 4.79 Å². The standard InChI is InChI=1S/C13H12O3S/c1-9-4-2-5-10(8-9)13(16,12(14)15)11-6-3-7-17-11/h2-8,16H,1H3,(H,14,15). The Kier molecular flexibility index (Phi) is 3.00. The molecule has 0 aliphatic heterocycles. The molecule has 0 fully saturated rings. The second kappa shape index (κ2) is 4.31. The van der Waals surface area contributed by atoms with Crippen LogP contribution in [0, 0.1) is 6.92 Å². The van der Waals surface area contributed by atoms with Crippen LogP contribution in [0.25, 0.3) is 0 Å². The first-order chi connectivity index (χ1) is 8.05. The average Bonchev–Trinajstić information content (AvgIpc) is 2.81. The van der Waals surface area contributed by atoms with Crippen LogP contribution >= 0.6 is 11.3 Å². The molecule has 1 atom stereocenters. The molecule has 2 rings (SSSR count). The third-order valence-electron chi connectivity index (χ3n) is 2.62. The van der Waals surface area contributed by atoms with Crippen molar-refractivity contribution < 1.29 is 15.0 Å². The van der Waals surface area contributed by atoms with E-state index >= 15 is 0 Å². The van der Waals surface area contributed by atoms with Crippen molar-refractivity contribution in [2.75, 3.05) is 0 Å². The summed E-state index contributed by atoms with van der Waals surface area (Å²) >= 11 is 1.23. The Balaban J connectivity index is 2.60. The largest absolute Gasteiger partial charge is 0.479 e. The molecule has 0 aliphatic carbocycles. The molecular formula is C13H12O3S. The zero-order valence-electron chi connectivity index (χ0n) is 9.25. The number of carboxylic acid groups (broad SMARTS) is 1. The fourth-order valence-corrected chi connectivity index (χ4v) is 2.56. The van der Waals surface area contributed by atoms with E-state index in [0.717, 1.165) is 5.56 Å². The maximum Gasteiger partial charge on any atom is 0.346 e. The smallest absolute Gasteiger partial charge is 0.346 e. The number of carboxylic acids is 1. The van der Waals surface area contributed by atoms with E-state index in [4.69, 9.17) is 0 Å². The van der Waals surface area contributed by atoms with Crippen LogP contribution in [0.3, 0.4) is 0 Å². The first kappa shape index (κ1) is 11.8. The van der Waals surface area contributed by atoms with Gasteiger partial charge in [0.2, 0.25) is 5.60 Å². The van der Waals surface area contributed by atoms with E-state index in [1.807, 2.05) is 13.0 Å². The van der Waals surface area contributed by atoms with Crippen molar-refractivity contribution in [1.82, 2.24) is 0 Å². The predicted molar refractivity (Wildman–Crippen MR) is 66.1 cm³/mol. The number of carbonyl (C=O) groups is 1. The monoisotopic (exact) mass is 248 g/mol. The van der Waals surface area contributed by atoms with Crippen LogP contribution in [0.4, 0.5) is 0 Å². The number of thiophene rings is 1. The molecule has 2 N–H and O–H groups in total. The lowest BCUT2D eigenvalue weighted by Crippen LogP contribution is -2.36. The van der Waals surface area contributed by atoms with Crippen molar-refractivity contribution in [3.8, 4) is 0 Å². The molecule has 0 saturated carbocycles. The molecule has 1 aromatic carbocycles. The summed E-state index contributed by atoms with van der Waals surface area (Å²) in [5.41, 5.74) is -0.661. The molecule has 0 bridgehead atoms. The van der Waals surface area contributed by atoms with Gasteiger partial charge < -0.3 is 10.2 Å². The molecule has 2 aromatic rings. The number of rotatable bonds is 3. The molecule has 0 amide bonds. The average molecular weight is 248 g/mol. The van der Waals surface area contributed by atoms with Gasteiger partial charge in [-0.2, -0.15) is 0 Å². The molecule has 88 valence electrons. The van der Waals surface area contributed by atoms with Crippen molar-refractivity contribution in [2.24, 2.45) is 0 Å². The van der Waals surface area contributed by atoms with Gasteiger partial charge in [0.15, 0.2) is 0 Å². The minimum Gasteiger partial charge on any atom is -0.479 e. The van der Waals surface area contributed by atoms with Gasteiger partial charge in [0.25, 0.3) is 0 Å². The number of aliphatic hydroxyl groups is 1. The highest BCUT2D eigenvalue weighted by molar-refractivity contribution is 7.10. The van der Waals surface area contributed by atoms with Crippen molar-refractivity contribution in [3.63, 3.8) is 0 Å². The fraction of sp³-hybridized carbons (Fsp3) is 0.154. The summed E-state index contributed by atoms with van der Waals surface area (Å²) in [7, 11) is 0. The van der Waals surface area contributed by atoms with E-state index in [-0.39, 0.29) is 0 Å². The molecule has 1 heterocycles. The van der Waals surface area contributed by atoms with Gasteiger partial charge in [-0.05, 0) is 18.4 Å². The number of hydrogen-bond donors (Lipinski definition) is 2. The van der Waals surface area contributed by atoms with Gasteiger partial charge in [-0.15, -0.1) is 11.3 Å². The Hall–Kier alpha value is -1.65. The highest BCUT2D eigenvalue weighted by Gasteiger charge is 2.41. The van der Waals surface area contributed by atoms with E-state index in [2.05, 4.69) is 0 Å². The minimum absolute atomic E-state index is 0.382. The lowest BCUT2D eigenvalue weighted by molar-refractivity contribution is -0.154. The van der Waals surface area contributed by atoms with Crippen LogP contribution in [0.2, 0.25) is 0 Å². The van der Waals surface area contributed by atoms with Gasteiger partial charge in [0.05, 0.1) is 4.88 Å². The second-order valence-corrected chi connectivity index (χ2v) is 4.81. The zero-order chi connectivity index (χ0) is 12.5. The highest BCUT2D eigenvalue weighted by Crippen LogP contribution is 2.33. The maximum absolute atomic E-state index is 11.4. The lowest BCUT2D eigenvalue weighted by Gasteiger charge is -2.22. The van der Waals surface area contributed by atoms with Crippen molar-refractivity contribution >= 4 is 17.3 Å². The first-order valence-corrected chi connectivity index (χ1v) is 6.00. The van der Waals surface area contributed by atoms with E-state index < -0.39 is 11.6 Å². The second-order valence-electron chi connectivity index (χ2n) is 3.86. The van der Waals surface area contributed by atoms with Crippen LogP contribution in [0.5, 0.6) is 0 Å². The molecule has 3 nitrogen and oxygen atoms in total. The molecule has 0 aliphatic rings. The molecule has 17 heavy (non-hydrogen) atoms. The Morgan fingerprint density at radius 1 is 1.29 bits per heavy atom. The van der Waals surface area contributed by atoms with E-state index in [1.54, 1.807) is 35.7 Å². The van der Waals surface area contributed by atoms with Gasteiger partial charge in [0, 0.05) is 5.56 Å². The molecule has 0 radical (unpaired) electrons. The van der Waals surface area contributed by atoms with Crippen molar-refractivity contribution in [1.29, 1.82) is 0 Å². The zero-order valence-corrected chi connectivity index (χ0v) is 10.1. The summed E-state index contributed by atoms with van der Waals surface area (Å²) in [6.45, 7) is 1.86. The maximum atomic E-state index is 11.4. The minimum atomic E-state index is -1.96. The Bertz CT molecular complexity index is 533. The molecule has 0 saturated heterocycles. The van der Waals surface area contributed by atoms with Gasteiger partial charge >= 0.3 is 5.97 Å². The van der Waals surface area contributed by atoms with Gasteiger partial charge in [-0.3, -0.25) is 0 Å². The van der Waals surface area contributed by atoms with Crippen LogP contribution in [0.1, 0.15) is 16.0 Å². The summed E-state index contributed by atoms with van der Waals surface area (Å²) in [6.07, 6.45) is 0. The SMILES string of the molecule is Cc1cccc(C(O)(C(=O)O)c2cccs2)c1. The van der Waals surface area contributed by atoms with E-state index in [1.165, 1.54) is 11.3 Å². The third kappa shape index (κ3) is 1.97. The Morgan fingerprint density at radius 3 is 2.59 bits per heavy atom. The van der Waals surface area contributed by atoms with Crippen LogP contribution in [-0.2, 0) is 10.4 Å². The Labute approximate surface area is 103 Å². The third-order valence-corrected chi connectivity index (χ3v) is 3.60. The van der Waals surface area contributed by atoms with E-state index in [0.29, 0.717) is 10.4 Å². The van der Waals surface area contributed by atoms with Gasteiger partial charge in [0.1, 0.15) is 0 Å². The highest BCUT2D eigenvalue weighted by atomic mass is 32.1. The van der Waals surface area contributed by atoms with E-state index in [9.17, 15) is 15.0 Å².